The first-order valence-corrected chi connectivity index (χ1v) is 11.7. The first-order valence-electron chi connectivity index (χ1n) is 10.2. The Labute approximate surface area is 178 Å². The van der Waals surface area contributed by atoms with Crippen LogP contribution in [0.5, 0.6) is 11.5 Å². The maximum absolute atomic E-state index is 12.8. The maximum Gasteiger partial charge on any atom is 0.243 e. The van der Waals surface area contributed by atoms with Crippen molar-refractivity contribution in [3.8, 4) is 11.5 Å². The number of hydrogen-bond donors (Lipinski definition) is 3. The molecule has 1 atom stereocenters. The topological polar surface area (TPSA) is 99.1 Å². The zero-order valence-electron chi connectivity index (χ0n) is 17.2. The van der Waals surface area contributed by atoms with Gasteiger partial charge in [-0.25, -0.2) is 8.42 Å². The summed E-state index contributed by atoms with van der Waals surface area (Å²) < 4.78 is 32.6. The lowest BCUT2D eigenvalue weighted by Crippen LogP contribution is -2.42. The molecule has 1 aliphatic rings. The number of sulfonamides is 1. The lowest BCUT2D eigenvalue weighted by molar-refractivity contribution is 0.104. The van der Waals surface area contributed by atoms with E-state index in [0.29, 0.717) is 36.2 Å². The molecule has 1 heterocycles. The second-order valence-electron chi connectivity index (χ2n) is 7.78. The van der Waals surface area contributed by atoms with E-state index in [2.05, 4.69) is 5.32 Å². The summed E-state index contributed by atoms with van der Waals surface area (Å²) in [6.45, 7) is 4.25. The summed E-state index contributed by atoms with van der Waals surface area (Å²) in [7, 11) is -3.43. The van der Waals surface area contributed by atoms with Crippen LogP contribution >= 0.6 is 0 Å². The number of benzene rings is 2. The van der Waals surface area contributed by atoms with E-state index in [4.69, 9.17) is 4.74 Å². The van der Waals surface area contributed by atoms with Gasteiger partial charge < -0.3 is 20.3 Å². The quantitative estimate of drug-likeness (QED) is 0.559. The fourth-order valence-corrected chi connectivity index (χ4v) is 4.93. The molecular weight excluding hydrogens is 404 g/mol. The monoisotopic (exact) mass is 434 g/mol. The van der Waals surface area contributed by atoms with Gasteiger partial charge in [0, 0.05) is 19.6 Å². The van der Waals surface area contributed by atoms with Crippen molar-refractivity contribution in [2.45, 2.75) is 30.8 Å². The van der Waals surface area contributed by atoms with Crippen molar-refractivity contribution in [1.82, 2.24) is 9.62 Å². The lowest BCUT2D eigenvalue weighted by atomic mass is 9.98. The van der Waals surface area contributed by atoms with Gasteiger partial charge in [-0.2, -0.15) is 4.31 Å². The van der Waals surface area contributed by atoms with E-state index >= 15 is 0 Å². The summed E-state index contributed by atoms with van der Waals surface area (Å²) in [6.07, 6.45) is 0.928. The van der Waals surface area contributed by atoms with E-state index in [-0.39, 0.29) is 12.4 Å². The van der Waals surface area contributed by atoms with E-state index in [9.17, 15) is 18.6 Å². The fourth-order valence-electron chi connectivity index (χ4n) is 3.46. The van der Waals surface area contributed by atoms with Crippen molar-refractivity contribution < 1.29 is 23.4 Å². The van der Waals surface area contributed by atoms with Gasteiger partial charge in [0.05, 0.1) is 4.90 Å². The van der Waals surface area contributed by atoms with Gasteiger partial charge in [0.1, 0.15) is 24.2 Å². The third-order valence-corrected chi connectivity index (χ3v) is 7.24. The number of aromatic hydroxyl groups is 1. The Balaban J connectivity index is 1.36. The smallest absolute Gasteiger partial charge is 0.243 e. The lowest BCUT2D eigenvalue weighted by Gasteiger charge is -2.31. The average molecular weight is 435 g/mol. The minimum absolute atomic E-state index is 0.158. The Morgan fingerprint density at radius 2 is 1.73 bits per heavy atom. The van der Waals surface area contributed by atoms with Crippen LogP contribution in [0, 0.1) is 12.8 Å². The maximum atomic E-state index is 12.8. The molecule has 2 aromatic carbocycles. The molecule has 0 spiro atoms. The number of aryl methyl sites for hydroxylation is 1. The predicted molar refractivity (Wildman–Crippen MR) is 115 cm³/mol. The molecule has 0 aliphatic carbocycles. The number of rotatable bonds is 9. The number of aliphatic hydroxyl groups excluding tert-OH is 1. The van der Waals surface area contributed by atoms with E-state index in [1.54, 1.807) is 28.6 Å². The average Bonchev–Trinajstić information content (AvgIpc) is 2.74. The summed E-state index contributed by atoms with van der Waals surface area (Å²) in [5, 5.41) is 22.6. The molecule has 0 bridgehead atoms. The first kappa shape index (κ1) is 22.6. The Bertz CT molecular complexity index is 892. The molecule has 1 fully saturated rings. The predicted octanol–water partition coefficient (Wildman–Crippen LogP) is 2.13. The van der Waals surface area contributed by atoms with Gasteiger partial charge >= 0.3 is 0 Å². The van der Waals surface area contributed by atoms with E-state index in [0.717, 1.165) is 24.9 Å². The highest BCUT2D eigenvalue weighted by atomic mass is 32.2. The van der Waals surface area contributed by atoms with Crippen molar-refractivity contribution in [2.24, 2.45) is 5.92 Å². The molecule has 3 rings (SSSR count). The molecule has 1 aliphatic heterocycles. The molecule has 0 aromatic heterocycles. The van der Waals surface area contributed by atoms with E-state index < -0.39 is 16.1 Å². The fraction of sp³-hybridized carbons (Fsp3) is 0.455. The zero-order valence-corrected chi connectivity index (χ0v) is 18.0. The molecule has 0 radical (unpaired) electrons. The highest BCUT2D eigenvalue weighted by molar-refractivity contribution is 7.89. The van der Waals surface area contributed by atoms with E-state index in [1.807, 2.05) is 19.1 Å². The number of nitrogens with zero attached hydrogens (tertiary/aromatic N) is 1. The van der Waals surface area contributed by atoms with Gasteiger partial charge in [0.2, 0.25) is 10.0 Å². The van der Waals surface area contributed by atoms with Crippen molar-refractivity contribution in [3.05, 3.63) is 54.1 Å². The molecule has 164 valence electrons. The molecule has 30 heavy (non-hydrogen) atoms. The minimum atomic E-state index is -3.43. The number of phenols is 1. The Kier molecular flexibility index (Phi) is 7.71. The normalized spacial score (nSPS) is 17.0. The molecule has 0 saturated carbocycles. The number of hydrogen-bond acceptors (Lipinski definition) is 6. The molecule has 3 N–H and O–H groups in total. The van der Waals surface area contributed by atoms with E-state index in [1.165, 1.54) is 12.1 Å². The van der Waals surface area contributed by atoms with Gasteiger partial charge in [-0.15, -0.1) is 0 Å². The van der Waals surface area contributed by atoms with Gasteiger partial charge in [-0.3, -0.25) is 0 Å². The zero-order chi connectivity index (χ0) is 21.6. The molecule has 7 nitrogen and oxygen atoms in total. The van der Waals surface area contributed by atoms with Crippen LogP contribution in [0.4, 0.5) is 0 Å². The standard InChI is InChI=1S/C22H30N2O5S/c1-17-2-8-22(9-3-17)30(27,28)24-12-10-18(11-13-24)14-23-15-20(26)16-29-21-6-4-19(25)5-7-21/h2-9,18,20,23,25-26H,10-16H2,1H3/t20-/m1/s1. The van der Waals surface area contributed by atoms with Crippen LogP contribution in [0.1, 0.15) is 18.4 Å². The van der Waals surface area contributed by atoms with Crippen molar-refractivity contribution in [2.75, 3.05) is 32.8 Å². The molecule has 8 heteroatoms. The molecule has 1 saturated heterocycles. The van der Waals surface area contributed by atoms with Crippen LogP contribution in [0.3, 0.4) is 0 Å². The third kappa shape index (κ3) is 6.18. The second-order valence-corrected chi connectivity index (χ2v) is 9.72. The molecule has 2 aromatic rings. The molecular formula is C22H30N2O5S. The van der Waals surface area contributed by atoms with Crippen LogP contribution in [-0.2, 0) is 10.0 Å². The summed E-state index contributed by atoms with van der Waals surface area (Å²) in [4.78, 5) is 0.349. The third-order valence-electron chi connectivity index (χ3n) is 5.32. The molecule has 0 amide bonds. The highest BCUT2D eigenvalue weighted by Gasteiger charge is 2.29. The summed E-state index contributed by atoms with van der Waals surface area (Å²) in [5.74, 6) is 1.14. The molecule has 0 unspecified atom stereocenters. The Morgan fingerprint density at radius 3 is 2.37 bits per heavy atom. The number of phenolic OH excluding ortho intramolecular Hbond substituents is 1. The number of piperidine rings is 1. The SMILES string of the molecule is Cc1ccc(S(=O)(=O)N2CCC(CNC[C@@H](O)COc3ccc(O)cc3)CC2)cc1. The number of ether oxygens (including phenoxy) is 1. The van der Waals surface area contributed by atoms with Crippen LogP contribution < -0.4 is 10.1 Å². The first-order chi connectivity index (χ1) is 14.3. The Hall–Kier alpha value is -2.13. The van der Waals surface area contributed by atoms with Gasteiger partial charge in [-0.1, -0.05) is 17.7 Å². The number of aliphatic hydroxyl groups is 1. The van der Waals surface area contributed by atoms with Gasteiger partial charge in [0.25, 0.3) is 0 Å². The summed E-state index contributed by atoms with van der Waals surface area (Å²) in [5.41, 5.74) is 1.04. The van der Waals surface area contributed by atoms with Crippen molar-refractivity contribution >= 4 is 10.0 Å². The van der Waals surface area contributed by atoms with Crippen molar-refractivity contribution in [3.63, 3.8) is 0 Å². The summed E-state index contributed by atoms with van der Waals surface area (Å²) >= 11 is 0. The van der Waals surface area contributed by atoms with Gasteiger partial charge in [-0.05, 0) is 68.6 Å². The Morgan fingerprint density at radius 1 is 1.10 bits per heavy atom. The number of nitrogens with one attached hydrogen (secondary N) is 1. The van der Waals surface area contributed by atoms with Crippen molar-refractivity contribution in [1.29, 1.82) is 0 Å². The highest BCUT2D eigenvalue weighted by Crippen LogP contribution is 2.23. The second kappa shape index (κ2) is 10.3. The van der Waals surface area contributed by atoms with Crippen LogP contribution in [-0.4, -0.2) is 61.8 Å². The van der Waals surface area contributed by atoms with Crippen LogP contribution in [0.2, 0.25) is 0 Å². The minimum Gasteiger partial charge on any atom is -0.508 e. The summed E-state index contributed by atoms with van der Waals surface area (Å²) in [6, 6.07) is 13.3. The van der Waals surface area contributed by atoms with Crippen LogP contribution in [0.15, 0.2) is 53.4 Å². The van der Waals surface area contributed by atoms with Crippen LogP contribution in [0.25, 0.3) is 0 Å². The van der Waals surface area contributed by atoms with Gasteiger partial charge in [0.15, 0.2) is 0 Å². The largest absolute Gasteiger partial charge is 0.508 e.